The fraction of sp³-hybridized carbons (Fsp3) is 0.750. The van der Waals surface area contributed by atoms with Gasteiger partial charge in [0.25, 0.3) is 0 Å². The molecular formula is C12H20N2S2. The number of nitrogens with one attached hydrogen (secondary N) is 1. The van der Waals surface area contributed by atoms with E-state index in [1.807, 2.05) is 23.5 Å². The van der Waals surface area contributed by atoms with Crippen molar-refractivity contribution in [2.45, 2.75) is 49.9 Å². The Hall–Kier alpha value is -0.0600. The van der Waals surface area contributed by atoms with Crippen molar-refractivity contribution in [1.82, 2.24) is 10.3 Å². The normalized spacial score (nSPS) is 27.9. The molecule has 3 unspecified atom stereocenters. The summed E-state index contributed by atoms with van der Waals surface area (Å²) >= 11 is 3.77. The highest BCUT2D eigenvalue weighted by Gasteiger charge is 2.25. The molecule has 2 nitrogen and oxygen atoms in total. The summed E-state index contributed by atoms with van der Waals surface area (Å²) in [5.74, 6) is 0. The number of aromatic nitrogens is 1. The van der Waals surface area contributed by atoms with E-state index in [0.29, 0.717) is 12.1 Å². The lowest BCUT2D eigenvalue weighted by Crippen LogP contribution is -2.41. The van der Waals surface area contributed by atoms with E-state index in [9.17, 15) is 0 Å². The Balaban J connectivity index is 1.92. The molecule has 0 radical (unpaired) electrons. The molecular weight excluding hydrogens is 236 g/mol. The standard InChI is InChI=1S/C12H20N2S2/c1-9(12-7-13-8-16-12)14-10-5-3-4-6-11(10)15-2/h7-11,14H,3-6H2,1-2H3. The summed E-state index contributed by atoms with van der Waals surface area (Å²) in [4.78, 5) is 5.50. The van der Waals surface area contributed by atoms with Gasteiger partial charge in [0, 0.05) is 28.4 Å². The maximum absolute atomic E-state index is 4.15. The van der Waals surface area contributed by atoms with Crippen LogP contribution in [-0.4, -0.2) is 22.5 Å². The van der Waals surface area contributed by atoms with Crippen LogP contribution < -0.4 is 5.32 Å². The van der Waals surface area contributed by atoms with E-state index in [-0.39, 0.29) is 0 Å². The molecule has 0 amide bonds. The van der Waals surface area contributed by atoms with Crippen molar-refractivity contribution < 1.29 is 0 Å². The highest BCUT2D eigenvalue weighted by atomic mass is 32.2. The smallest absolute Gasteiger partial charge is 0.0794 e. The second-order valence-electron chi connectivity index (χ2n) is 4.46. The van der Waals surface area contributed by atoms with E-state index in [1.165, 1.54) is 30.6 Å². The largest absolute Gasteiger partial charge is 0.306 e. The van der Waals surface area contributed by atoms with E-state index in [1.54, 1.807) is 11.3 Å². The molecule has 0 aromatic carbocycles. The molecule has 0 bridgehead atoms. The number of hydrogen-bond donors (Lipinski definition) is 1. The zero-order valence-corrected chi connectivity index (χ0v) is 11.6. The third-order valence-electron chi connectivity index (χ3n) is 3.35. The first-order valence-corrected chi connectivity index (χ1v) is 8.15. The van der Waals surface area contributed by atoms with Crippen LogP contribution in [0, 0.1) is 0 Å². The number of hydrogen-bond acceptors (Lipinski definition) is 4. The van der Waals surface area contributed by atoms with Gasteiger partial charge in [-0.05, 0) is 26.0 Å². The summed E-state index contributed by atoms with van der Waals surface area (Å²) in [6.45, 7) is 2.25. The van der Waals surface area contributed by atoms with E-state index >= 15 is 0 Å². The molecule has 2 rings (SSSR count). The Morgan fingerprint density at radius 1 is 1.50 bits per heavy atom. The topological polar surface area (TPSA) is 24.9 Å². The van der Waals surface area contributed by atoms with E-state index < -0.39 is 0 Å². The molecule has 1 fully saturated rings. The minimum atomic E-state index is 0.449. The number of nitrogens with zero attached hydrogens (tertiary/aromatic N) is 1. The third-order valence-corrected chi connectivity index (χ3v) is 5.48. The zero-order valence-electron chi connectivity index (χ0n) is 9.98. The van der Waals surface area contributed by atoms with E-state index in [2.05, 4.69) is 23.5 Å². The van der Waals surface area contributed by atoms with Crippen LogP contribution in [0.2, 0.25) is 0 Å². The van der Waals surface area contributed by atoms with Crippen LogP contribution in [0.1, 0.15) is 43.5 Å². The molecule has 1 saturated carbocycles. The van der Waals surface area contributed by atoms with E-state index in [4.69, 9.17) is 0 Å². The molecule has 0 saturated heterocycles. The molecule has 1 aliphatic rings. The van der Waals surface area contributed by atoms with Gasteiger partial charge in [-0.1, -0.05) is 12.8 Å². The summed E-state index contributed by atoms with van der Waals surface area (Å²) in [7, 11) is 0. The van der Waals surface area contributed by atoms with Gasteiger partial charge in [-0.15, -0.1) is 11.3 Å². The first kappa shape index (κ1) is 12.4. The lowest BCUT2D eigenvalue weighted by atomic mass is 9.94. The van der Waals surface area contributed by atoms with Crippen molar-refractivity contribution in [2.24, 2.45) is 0 Å². The molecule has 90 valence electrons. The van der Waals surface area contributed by atoms with Gasteiger partial charge in [0.05, 0.1) is 5.51 Å². The molecule has 0 aliphatic heterocycles. The summed E-state index contributed by atoms with van der Waals surface area (Å²) in [6, 6.07) is 1.13. The second-order valence-corrected chi connectivity index (χ2v) is 6.45. The van der Waals surface area contributed by atoms with Gasteiger partial charge < -0.3 is 5.32 Å². The molecule has 0 spiro atoms. The lowest BCUT2D eigenvalue weighted by molar-refractivity contribution is 0.358. The van der Waals surface area contributed by atoms with Crippen LogP contribution in [0.25, 0.3) is 0 Å². The lowest BCUT2D eigenvalue weighted by Gasteiger charge is -2.33. The third kappa shape index (κ3) is 2.99. The van der Waals surface area contributed by atoms with Gasteiger partial charge in [0.1, 0.15) is 0 Å². The first-order chi connectivity index (χ1) is 7.81. The molecule has 1 N–H and O–H groups in total. The Labute approximate surface area is 106 Å². The quantitative estimate of drug-likeness (QED) is 0.893. The van der Waals surface area contributed by atoms with Gasteiger partial charge >= 0.3 is 0 Å². The molecule has 1 aromatic rings. The predicted molar refractivity (Wildman–Crippen MR) is 73.2 cm³/mol. The average Bonchev–Trinajstić information content (AvgIpc) is 2.83. The minimum Gasteiger partial charge on any atom is -0.306 e. The summed E-state index contributed by atoms with van der Waals surface area (Å²) in [5.41, 5.74) is 1.92. The van der Waals surface area contributed by atoms with Gasteiger partial charge in [0.2, 0.25) is 0 Å². The average molecular weight is 256 g/mol. The monoisotopic (exact) mass is 256 g/mol. The molecule has 1 aliphatic carbocycles. The van der Waals surface area contributed by atoms with Crippen molar-refractivity contribution in [3.8, 4) is 0 Å². The fourth-order valence-electron chi connectivity index (χ4n) is 2.41. The Bertz CT molecular complexity index is 300. The van der Waals surface area contributed by atoms with Crippen molar-refractivity contribution in [3.63, 3.8) is 0 Å². The summed E-state index contributed by atoms with van der Waals surface area (Å²) in [6.07, 6.45) is 9.70. The Morgan fingerprint density at radius 3 is 3.00 bits per heavy atom. The van der Waals surface area contributed by atoms with Crippen LogP contribution in [0.3, 0.4) is 0 Å². The maximum Gasteiger partial charge on any atom is 0.0794 e. The van der Waals surface area contributed by atoms with Gasteiger partial charge in [0.15, 0.2) is 0 Å². The minimum absolute atomic E-state index is 0.449. The van der Waals surface area contributed by atoms with Crippen LogP contribution in [0.5, 0.6) is 0 Å². The van der Waals surface area contributed by atoms with Crippen LogP contribution in [0.4, 0.5) is 0 Å². The van der Waals surface area contributed by atoms with Crippen molar-refractivity contribution in [3.05, 3.63) is 16.6 Å². The van der Waals surface area contributed by atoms with Crippen LogP contribution >= 0.6 is 23.1 Å². The molecule has 3 atom stereocenters. The molecule has 16 heavy (non-hydrogen) atoms. The highest BCUT2D eigenvalue weighted by Crippen LogP contribution is 2.29. The highest BCUT2D eigenvalue weighted by molar-refractivity contribution is 7.99. The van der Waals surface area contributed by atoms with Crippen molar-refractivity contribution in [1.29, 1.82) is 0 Å². The Morgan fingerprint density at radius 2 is 2.31 bits per heavy atom. The van der Waals surface area contributed by atoms with Gasteiger partial charge in [-0.3, -0.25) is 4.98 Å². The predicted octanol–water partition coefficient (Wildman–Crippen LogP) is 3.47. The fourth-order valence-corrected chi connectivity index (χ4v) is 4.00. The van der Waals surface area contributed by atoms with Gasteiger partial charge in [-0.2, -0.15) is 11.8 Å². The van der Waals surface area contributed by atoms with Crippen LogP contribution in [-0.2, 0) is 0 Å². The zero-order chi connectivity index (χ0) is 11.4. The second kappa shape index (κ2) is 6.03. The van der Waals surface area contributed by atoms with Crippen molar-refractivity contribution in [2.75, 3.05) is 6.26 Å². The van der Waals surface area contributed by atoms with Crippen molar-refractivity contribution >= 4 is 23.1 Å². The SMILES string of the molecule is CSC1CCCCC1NC(C)c1cncs1. The first-order valence-electron chi connectivity index (χ1n) is 5.98. The summed E-state index contributed by atoms with van der Waals surface area (Å²) < 4.78 is 0. The number of rotatable bonds is 4. The maximum atomic E-state index is 4.15. The molecule has 4 heteroatoms. The van der Waals surface area contributed by atoms with Gasteiger partial charge in [-0.25, -0.2) is 0 Å². The number of thioether (sulfide) groups is 1. The Kier molecular flexibility index (Phi) is 4.67. The molecule has 1 aromatic heterocycles. The van der Waals surface area contributed by atoms with E-state index in [0.717, 1.165) is 5.25 Å². The number of thiazole rings is 1. The summed E-state index contributed by atoms with van der Waals surface area (Å²) in [5, 5.41) is 4.57. The molecule has 1 heterocycles. The van der Waals surface area contributed by atoms with Crippen LogP contribution in [0.15, 0.2) is 11.7 Å².